The molecular weight excluding hydrogens is 530 g/mol. The Morgan fingerprint density at radius 2 is 1.59 bits per heavy atom. The lowest BCUT2D eigenvalue weighted by Gasteiger charge is -2.16. The lowest BCUT2D eigenvalue weighted by Crippen LogP contribution is -2.27. The first-order valence-corrected chi connectivity index (χ1v) is 15.3. The maximum Gasteiger partial charge on any atom is 0.243 e. The standard InChI is InChI=1S/C30H33N3O4S2/c1-22-6-11-25(12-7-22)31-30-33(19-16-23-8-15-28(36-2)29(20-23)37-3)27(21-38-30)24-9-13-26(14-10-24)39(34,35)32-17-4-5-18-32/h6-15,20-21H,4-5,16-19H2,1-3H3. The van der Waals surface area contributed by atoms with Crippen LogP contribution in [0.2, 0.25) is 0 Å². The van der Waals surface area contributed by atoms with Crippen LogP contribution in [-0.2, 0) is 23.0 Å². The van der Waals surface area contributed by atoms with E-state index in [0.29, 0.717) is 36.0 Å². The van der Waals surface area contributed by atoms with Crippen LogP contribution in [-0.4, -0.2) is 44.6 Å². The maximum absolute atomic E-state index is 13.0. The van der Waals surface area contributed by atoms with Crippen molar-refractivity contribution in [2.24, 2.45) is 4.99 Å². The van der Waals surface area contributed by atoms with Crippen LogP contribution >= 0.6 is 11.3 Å². The van der Waals surface area contributed by atoms with Crippen LogP contribution in [0.3, 0.4) is 0 Å². The fourth-order valence-electron chi connectivity index (χ4n) is 4.75. The van der Waals surface area contributed by atoms with Gasteiger partial charge in [0.15, 0.2) is 16.3 Å². The SMILES string of the molecule is COc1ccc(CCn2c(-c3ccc(S(=O)(=O)N4CCCC4)cc3)csc2=Nc2ccc(C)cc2)cc1OC. The van der Waals surface area contributed by atoms with Crippen molar-refractivity contribution in [3.63, 3.8) is 0 Å². The summed E-state index contributed by atoms with van der Waals surface area (Å²) in [7, 11) is -0.188. The van der Waals surface area contributed by atoms with Gasteiger partial charge in [0.2, 0.25) is 10.0 Å². The summed E-state index contributed by atoms with van der Waals surface area (Å²) in [5.74, 6) is 1.40. The number of methoxy groups -OCH3 is 2. The van der Waals surface area contributed by atoms with Gasteiger partial charge in [-0.25, -0.2) is 13.4 Å². The highest BCUT2D eigenvalue weighted by Gasteiger charge is 2.27. The van der Waals surface area contributed by atoms with Crippen LogP contribution in [0, 0.1) is 6.92 Å². The summed E-state index contributed by atoms with van der Waals surface area (Å²) >= 11 is 1.57. The quantitative estimate of drug-likeness (QED) is 0.258. The van der Waals surface area contributed by atoms with Gasteiger partial charge in [0.1, 0.15) is 0 Å². The molecule has 39 heavy (non-hydrogen) atoms. The summed E-state index contributed by atoms with van der Waals surface area (Å²) < 4.78 is 40.7. The molecule has 1 fully saturated rings. The second-order valence-electron chi connectivity index (χ2n) is 9.58. The molecule has 1 saturated heterocycles. The number of hydrogen-bond donors (Lipinski definition) is 0. The number of aromatic nitrogens is 1. The molecule has 0 aliphatic carbocycles. The van der Waals surface area contributed by atoms with Gasteiger partial charge in [-0.3, -0.25) is 0 Å². The largest absolute Gasteiger partial charge is 0.493 e. The highest BCUT2D eigenvalue weighted by molar-refractivity contribution is 7.89. The molecule has 204 valence electrons. The number of rotatable bonds is 9. The molecule has 0 saturated carbocycles. The third kappa shape index (κ3) is 5.95. The summed E-state index contributed by atoms with van der Waals surface area (Å²) in [6, 6.07) is 21.3. The zero-order valence-electron chi connectivity index (χ0n) is 22.5. The van der Waals surface area contributed by atoms with Crippen molar-refractivity contribution < 1.29 is 17.9 Å². The zero-order valence-corrected chi connectivity index (χ0v) is 24.1. The monoisotopic (exact) mass is 563 g/mol. The molecule has 0 N–H and O–H groups in total. The number of ether oxygens (including phenoxy) is 2. The molecule has 0 atom stereocenters. The molecule has 1 aromatic heterocycles. The Hall–Kier alpha value is -3.40. The Morgan fingerprint density at radius 1 is 0.897 bits per heavy atom. The Balaban J connectivity index is 1.49. The topological polar surface area (TPSA) is 73.1 Å². The average molecular weight is 564 g/mol. The van der Waals surface area contributed by atoms with E-state index in [1.54, 1.807) is 42.0 Å². The van der Waals surface area contributed by atoms with Gasteiger partial charge in [-0.1, -0.05) is 35.9 Å². The van der Waals surface area contributed by atoms with Crippen LogP contribution in [0.15, 0.2) is 82.0 Å². The second-order valence-corrected chi connectivity index (χ2v) is 12.4. The molecule has 0 radical (unpaired) electrons. The summed E-state index contributed by atoms with van der Waals surface area (Å²) in [6.45, 7) is 3.93. The van der Waals surface area contributed by atoms with Crippen molar-refractivity contribution in [3.8, 4) is 22.8 Å². The molecule has 2 heterocycles. The van der Waals surface area contributed by atoms with Gasteiger partial charge in [-0.15, -0.1) is 11.3 Å². The smallest absolute Gasteiger partial charge is 0.243 e. The van der Waals surface area contributed by atoms with Gasteiger partial charge in [-0.05, 0) is 73.7 Å². The fraction of sp³-hybridized carbons (Fsp3) is 0.300. The van der Waals surface area contributed by atoms with Crippen LogP contribution in [0.25, 0.3) is 11.3 Å². The minimum absolute atomic E-state index is 0.338. The van der Waals surface area contributed by atoms with Gasteiger partial charge in [0, 0.05) is 25.0 Å². The molecule has 5 rings (SSSR count). The Morgan fingerprint density at radius 3 is 2.26 bits per heavy atom. The number of nitrogens with zero attached hydrogens (tertiary/aromatic N) is 3. The van der Waals surface area contributed by atoms with Crippen LogP contribution < -0.4 is 14.3 Å². The molecule has 1 aliphatic heterocycles. The predicted molar refractivity (Wildman–Crippen MR) is 155 cm³/mol. The molecule has 4 aromatic rings. The molecule has 0 bridgehead atoms. The summed E-state index contributed by atoms with van der Waals surface area (Å²) in [6.07, 6.45) is 2.59. The minimum Gasteiger partial charge on any atom is -0.493 e. The minimum atomic E-state index is -3.46. The van der Waals surface area contributed by atoms with E-state index in [2.05, 4.69) is 29.0 Å². The van der Waals surface area contributed by atoms with Crippen molar-refractivity contribution in [2.75, 3.05) is 27.3 Å². The Bertz CT molecular complexity index is 1600. The molecular formula is C30H33N3O4S2. The third-order valence-electron chi connectivity index (χ3n) is 6.98. The van der Waals surface area contributed by atoms with Crippen molar-refractivity contribution in [1.29, 1.82) is 0 Å². The Labute approximate surface area is 234 Å². The van der Waals surface area contributed by atoms with Crippen molar-refractivity contribution in [3.05, 3.63) is 88.0 Å². The fourth-order valence-corrected chi connectivity index (χ4v) is 7.22. The molecule has 7 nitrogen and oxygen atoms in total. The lowest BCUT2D eigenvalue weighted by atomic mass is 10.1. The second kappa shape index (κ2) is 11.8. The first-order valence-electron chi connectivity index (χ1n) is 13.0. The zero-order chi connectivity index (χ0) is 27.4. The van der Waals surface area contributed by atoms with E-state index in [1.807, 2.05) is 42.5 Å². The Kier molecular flexibility index (Phi) is 8.20. The van der Waals surface area contributed by atoms with E-state index < -0.39 is 10.0 Å². The normalized spacial score (nSPS) is 14.6. The van der Waals surface area contributed by atoms with E-state index in [-0.39, 0.29) is 0 Å². The highest BCUT2D eigenvalue weighted by atomic mass is 32.2. The molecule has 9 heteroatoms. The van der Waals surface area contributed by atoms with E-state index in [1.165, 1.54) is 5.56 Å². The number of benzene rings is 3. The third-order valence-corrected chi connectivity index (χ3v) is 9.76. The average Bonchev–Trinajstić information content (AvgIpc) is 3.64. The van der Waals surface area contributed by atoms with Crippen LogP contribution in [0.1, 0.15) is 24.0 Å². The highest BCUT2D eigenvalue weighted by Crippen LogP contribution is 2.29. The van der Waals surface area contributed by atoms with Crippen molar-refractivity contribution >= 4 is 27.0 Å². The molecule has 0 unspecified atom stereocenters. The first kappa shape index (κ1) is 27.2. The van der Waals surface area contributed by atoms with Crippen molar-refractivity contribution in [1.82, 2.24) is 8.87 Å². The number of thiazole rings is 1. The first-order chi connectivity index (χ1) is 18.9. The maximum atomic E-state index is 13.0. The van der Waals surface area contributed by atoms with E-state index in [0.717, 1.165) is 46.6 Å². The van der Waals surface area contributed by atoms with Gasteiger partial charge in [0.05, 0.1) is 30.5 Å². The van der Waals surface area contributed by atoms with E-state index in [4.69, 9.17) is 14.5 Å². The number of sulfonamides is 1. The van der Waals surface area contributed by atoms with Gasteiger partial charge >= 0.3 is 0 Å². The summed E-state index contributed by atoms with van der Waals surface area (Å²) in [4.78, 5) is 6.16. The molecule has 1 aliphatic rings. The number of hydrogen-bond acceptors (Lipinski definition) is 6. The summed E-state index contributed by atoms with van der Waals surface area (Å²) in [5.41, 5.74) is 5.14. The van der Waals surface area contributed by atoms with Gasteiger partial charge in [0.25, 0.3) is 0 Å². The van der Waals surface area contributed by atoms with Crippen molar-refractivity contribution in [2.45, 2.75) is 37.6 Å². The number of aryl methyl sites for hydroxylation is 2. The molecule has 0 spiro atoms. The van der Waals surface area contributed by atoms with Gasteiger partial charge in [-0.2, -0.15) is 4.31 Å². The van der Waals surface area contributed by atoms with Crippen LogP contribution in [0.5, 0.6) is 11.5 Å². The van der Waals surface area contributed by atoms with E-state index >= 15 is 0 Å². The summed E-state index contributed by atoms with van der Waals surface area (Å²) in [5, 5.41) is 2.09. The molecule has 3 aromatic carbocycles. The van der Waals surface area contributed by atoms with Gasteiger partial charge < -0.3 is 14.0 Å². The molecule has 0 amide bonds. The lowest BCUT2D eigenvalue weighted by molar-refractivity contribution is 0.354. The predicted octanol–water partition coefficient (Wildman–Crippen LogP) is 5.80. The van der Waals surface area contributed by atoms with E-state index in [9.17, 15) is 8.42 Å². The van der Waals surface area contributed by atoms with Crippen LogP contribution in [0.4, 0.5) is 5.69 Å².